The molecule has 2 rings (SSSR count). The zero-order valence-corrected chi connectivity index (χ0v) is 13.2. The largest absolute Gasteiger partial charge is 0.480 e. The van der Waals surface area contributed by atoms with Crippen LogP contribution in [0.2, 0.25) is 0 Å². The minimum Gasteiger partial charge on any atom is -0.480 e. The number of amides is 1. The first kappa shape index (κ1) is 16.7. The fourth-order valence-electron chi connectivity index (χ4n) is 2.45. The summed E-state index contributed by atoms with van der Waals surface area (Å²) in [5, 5.41) is 13.0. The zero-order valence-electron chi connectivity index (χ0n) is 13.2. The van der Waals surface area contributed by atoms with Crippen LogP contribution in [0.1, 0.15) is 48.9 Å². The molecule has 0 aliphatic heterocycles. The number of para-hydroxylation sites is 1. The number of carbonyl (C=O) groups excluding carboxylic acids is 1. The number of aliphatic carboxylic acids is 1. The van der Waals surface area contributed by atoms with E-state index < -0.39 is 18.4 Å². The van der Waals surface area contributed by atoms with Gasteiger partial charge in [0.25, 0.3) is 5.91 Å². The molecule has 1 aromatic heterocycles. The van der Waals surface area contributed by atoms with Gasteiger partial charge in [0.2, 0.25) is 5.76 Å². The summed E-state index contributed by atoms with van der Waals surface area (Å²) in [6.07, 6.45) is 1.79. The lowest BCUT2D eigenvalue weighted by molar-refractivity contribution is -0.135. The number of benzene rings is 1. The first-order valence-corrected chi connectivity index (χ1v) is 7.62. The van der Waals surface area contributed by atoms with Crippen LogP contribution in [0.3, 0.4) is 0 Å². The third kappa shape index (κ3) is 3.97. The summed E-state index contributed by atoms with van der Waals surface area (Å²) >= 11 is 0. The fourth-order valence-corrected chi connectivity index (χ4v) is 2.45. The number of carboxylic acid groups (broad SMARTS) is 1. The molecule has 0 fully saturated rings. The number of hydrogen-bond acceptors (Lipinski definition) is 4. The molecule has 6 heteroatoms. The fraction of sp³-hybridized carbons (Fsp3) is 0.353. The van der Waals surface area contributed by atoms with Gasteiger partial charge in [-0.05, 0) is 25.0 Å². The summed E-state index contributed by atoms with van der Waals surface area (Å²) in [4.78, 5) is 24.9. The monoisotopic (exact) mass is 316 g/mol. The average Bonchev–Trinajstić information content (AvgIpc) is 3.04. The van der Waals surface area contributed by atoms with Crippen LogP contribution in [-0.2, 0) is 4.79 Å². The van der Waals surface area contributed by atoms with Gasteiger partial charge in [-0.15, -0.1) is 0 Å². The number of rotatable bonds is 7. The molecule has 1 heterocycles. The minimum absolute atomic E-state index is 0.0528. The van der Waals surface area contributed by atoms with Crippen molar-refractivity contribution in [3.63, 3.8) is 0 Å². The number of anilines is 1. The molecular formula is C17H20N2O4. The maximum absolute atomic E-state index is 12.6. The van der Waals surface area contributed by atoms with E-state index in [9.17, 15) is 9.59 Å². The van der Waals surface area contributed by atoms with Crippen molar-refractivity contribution in [3.8, 4) is 0 Å². The number of aromatic nitrogens is 1. The molecule has 0 saturated carbocycles. The van der Waals surface area contributed by atoms with Gasteiger partial charge in [0.05, 0.1) is 5.69 Å². The molecule has 6 nitrogen and oxygen atoms in total. The smallest absolute Gasteiger partial charge is 0.323 e. The summed E-state index contributed by atoms with van der Waals surface area (Å²) in [6, 6.07) is 10.3. The lowest BCUT2D eigenvalue weighted by Crippen LogP contribution is -2.35. The minimum atomic E-state index is -1.10. The van der Waals surface area contributed by atoms with Crippen molar-refractivity contribution < 1.29 is 19.2 Å². The summed E-state index contributed by atoms with van der Waals surface area (Å²) in [7, 11) is 0. The van der Waals surface area contributed by atoms with E-state index in [0.29, 0.717) is 5.69 Å². The molecule has 0 bridgehead atoms. The Kier molecular flexibility index (Phi) is 5.51. The highest BCUT2D eigenvalue weighted by Crippen LogP contribution is 2.24. The molecule has 1 aromatic carbocycles. The third-order valence-corrected chi connectivity index (χ3v) is 3.75. The van der Waals surface area contributed by atoms with E-state index in [1.165, 1.54) is 4.90 Å². The van der Waals surface area contributed by atoms with Crippen LogP contribution < -0.4 is 4.90 Å². The van der Waals surface area contributed by atoms with Gasteiger partial charge in [-0.3, -0.25) is 14.5 Å². The molecular weight excluding hydrogens is 296 g/mol. The van der Waals surface area contributed by atoms with Gasteiger partial charge in [-0.1, -0.05) is 37.2 Å². The molecule has 0 unspecified atom stereocenters. The van der Waals surface area contributed by atoms with E-state index in [4.69, 9.17) is 9.63 Å². The van der Waals surface area contributed by atoms with Gasteiger partial charge < -0.3 is 9.63 Å². The highest BCUT2D eigenvalue weighted by atomic mass is 16.5. The van der Waals surface area contributed by atoms with Crippen LogP contribution in [0.4, 0.5) is 5.69 Å². The van der Waals surface area contributed by atoms with Crippen molar-refractivity contribution in [1.82, 2.24) is 5.16 Å². The van der Waals surface area contributed by atoms with E-state index in [1.807, 2.05) is 13.8 Å². The zero-order chi connectivity index (χ0) is 16.8. The van der Waals surface area contributed by atoms with Gasteiger partial charge in [-0.2, -0.15) is 0 Å². The van der Waals surface area contributed by atoms with Crippen LogP contribution in [0, 0.1) is 0 Å². The van der Waals surface area contributed by atoms with Gasteiger partial charge in [0.15, 0.2) is 0 Å². The van der Waals surface area contributed by atoms with Crippen molar-refractivity contribution >= 4 is 17.6 Å². The van der Waals surface area contributed by atoms with E-state index in [1.54, 1.807) is 36.4 Å². The van der Waals surface area contributed by atoms with E-state index in [2.05, 4.69) is 5.16 Å². The number of nitrogens with zero attached hydrogens (tertiary/aromatic N) is 2. The molecule has 23 heavy (non-hydrogen) atoms. The Morgan fingerprint density at radius 1 is 1.22 bits per heavy atom. The predicted octanol–water partition coefficient (Wildman–Crippen LogP) is 3.31. The Morgan fingerprint density at radius 2 is 1.87 bits per heavy atom. The average molecular weight is 316 g/mol. The summed E-state index contributed by atoms with van der Waals surface area (Å²) in [6.45, 7) is 3.65. The summed E-state index contributed by atoms with van der Waals surface area (Å²) in [5.74, 6) is -1.33. The number of carbonyl (C=O) groups is 2. The normalized spacial score (nSPS) is 10.7. The maximum Gasteiger partial charge on any atom is 0.323 e. The molecule has 0 aliphatic rings. The number of hydrogen-bond donors (Lipinski definition) is 1. The van der Waals surface area contributed by atoms with Gasteiger partial charge >= 0.3 is 5.97 Å². The van der Waals surface area contributed by atoms with Crippen LogP contribution in [-0.4, -0.2) is 28.7 Å². The highest BCUT2D eigenvalue weighted by molar-refractivity contribution is 6.06. The Labute approximate surface area is 134 Å². The van der Waals surface area contributed by atoms with Crippen LogP contribution in [0.25, 0.3) is 0 Å². The summed E-state index contributed by atoms with van der Waals surface area (Å²) < 4.78 is 5.16. The van der Waals surface area contributed by atoms with Crippen LogP contribution in [0.5, 0.6) is 0 Å². The van der Waals surface area contributed by atoms with Gasteiger partial charge in [0.1, 0.15) is 6.54 Å². The van der Waals surface area contributed by atoms with Crippen molar-refractivity contribution in [2.24, 2.45) is 0 Å². The standard InChI is InChI=1S/C17H20N2O4/c1-3-12(4-2)14-10-15(23-18-14)17(22)19(11-16(20)21)13-8-6-5-7-9-13/h5-10,12H,3-4,11H2,1-2H3,(H,20,21). The van der Waals surface area contributed by atoms with Gasteiger partial charge in [-0.25, -0.2) is 0 Å². The second-order valence-corrected chi connectivity index (χ2v) is 5.25. The third-order valence-electron chi connectivity index (χ3n) is 3.75. The first-order valence-electron chi connectivity index (χ1n) is 7.62. The summed E-state index contributed by atoms with van der Waals surface area (Å²) in [5.41, 5.74) is 1.22. The van der Waals surface area contributed by atoms with E-state index in [0.717, 1.165) is 18.5 Å². The van der Waals surface area contributed by atoms with E-state index >= 15 is 0 Å². The van der Waals surface area contributed by atoms with Crippen molar-refractivity contribution in [2.45, 2.75) is 32.6 Å². The maximum atomic E-state index is 12.6. The molecule has 0 spiro atoms. The molecule has 0 radical (unpaired) electrons. The lowest BCUT2D eigenvalue weighted by Gasteiger charge is -2.19. The van der Waals surface area contributed by atoms with Gasteiger partial charge in [0, 0.05) is 17.7 Å². The number of carboxylic acids is 1. The molecule has 2 aromatic rings. The SMILES string of the molecule is CCC(CC)c1cc(C(=O)N(CC(=O)O)c2ccccc2)on1. The predicted molar refractivity (Wildman–Crippen MR) is 85.6 cm³/mol. The highest BCUT2D eigenvalue weighted by Gasteiger charge is 2.25. The quantitative estimate of drug-likeness (QED) is 0.847. The van der Waals surface area contributed by atoms with Crippen molar-refractivity contribution in [2.75, 3.05) is 11.4 Å². The first-order chi connectivity index (χ1) is 11.1. The van der Waals surface area contributed by atoms with Crippen molar-refractivity contribution in [1.29, 1.82) is 0 Å². The Hall–Kier alpha value is -2.63. The van der Waals surface area contributed by atoms with Crippen LogP contribution >= 0.6 is 0 Å². The second-order valence-electron chi connectivity index (χ2n) is 5.25. The molecule has 0 atom stereocenters. The Morgan fingerprint density at radius 3 is 2.43 bits per heavy atom. The van der Waals surface area contributed by atoms with Crippen LogP contribution in [0.15, 0.2) is 40.9 Å². The van der Waals surface area contributed by atoms with Crippen molar-refractivity contribution in [3.05, 3.63) is 47.9 Å². The Bertz CT molecular complexity index is 662. The molecule has 1 amide bonds. The second kappa shape index (κ2) is 7.58. The molecule has 122 valence electrons. The molecule has 0 aliphatic carbocycles. The lowest BCUT2D eigenvalue weighted by atomic mass is 9.99. The topological polar surface area (TPSA) is 83.6 Å². The van der Waals surface area contributed by atoms with E-state index in [-0.39, 0.29) is 11.7 Å². The molecule has 0 saturated heterocycles. The molecule has 1 N–H and O–H groups in total. The Balaban J connectivity index is 2.29.